The predicted molar refractivity (Wildman–Crippen MR) is 101 cm³/mol. The van der Waals surface area contributed by atoms with Crippen LogP contribution < -0.4 is 5.73 Å². The standard InChI is InChI=1S/C20H33BN2/c1-2-3-14-21-15-9-16-23(21)19-13-8-7-12-18(19)20(22)17-10-5-4-6-11-17/h4-6,10-11,18-20H,2-3,7-9,12-16,22H2,1H3/q-1. The van der Waals surface area contributed by atoms with Crippen molar-refractivity contribution in [1.82, 2.24) is 4.81 Å². The molecule has 0 spiro atoms. The minimum absolute atomic E-state index is 0.203. The van der Waals surface area contributed by atoms with Gasteiger partial charge in [0.15, 0.2) is 0 Å². The van der Waals surface area contributed by atoms with E-state index in [0.717, 1.165) is 6.85 Å². The van der Waals surface area contributed by atoms with Crippen LogP contribution in [0.25, 0.3) is 0 Å². The van der Waals surface area contributed by atoms with E-state index >= 15 is 0 Å². The van der Waals surface area contributed by atoms with E-state index in [-0.39, 0.29) is 6.04 Å². The Labute approximate surface area is 142 Å². The molecule has 1 heterocycles. The van der Waals surface area contributed by atoms with E-state index in [4.69, 9.17) is 5.73 Å². The topological polar surface area (TPSA) is 29.3 Å². The molecule has 3 rings (SSSR count). The molecule has 1 radical (unpaired) electrons. The molecule has 1 saturated heterocycles. The molecule has 1 aromatic rings. The minimum Gasteiger partial charge on any atom is -0.503 e. The Bertz CT molecular complexity index is 464. The number of nitrogens with zero attached hydrogens (tertiary/aromatic N) is 1. The SMILES string of the molecule is CCCC[B-]1CCCN1C1CCCCC1C(N)c1ccccc1. The van der Waals surface area contributed by atoms with Crippen molar-refractivity contribution in [2.45, 2.75) is 76.6 Å². The minimum atomic E-state index is 0.203. The molecule has 2 fully saturated rings. The first-order chi connectivity index (χ1) is 11.3. The molecule has 1 aromatic carbocycles. The quantitative estimate of drug-likeness (QED) is 0.769. The maximum absolute atomic E-state index is 6.75. The van der Waals surface area contributed by atoms with E-state index in [0.29, 0.717) is 12.0 Å². The van der Waals surface area contributed by atoms with Crippen LogP contribution in [-0.4, -0.2) is 24.2 Å². The van der Waals surface area contributed by atoms with Crippen molar-refractivity contribution >= 4 is 6.85 Å². The first-order valence-electron chi connectivity index (χ1n) is 9.87. The summed E-state index contributed by atoms with van der Waals surface area (Å²) in [5.41, 5.74) is 8.07. The number of rotatable bonds is 6. The Morgan fingerprint density at radius 3 is 2.74 bits per heavy atom. The molecule has 3 unspecified atom stereocenters. The van der Waals surface area contributed by atoms with Crippen molar-refractivity contribution in [2.24, 2.45) is 11.7 Å². The fourth-order valence-electron chi connectivity index (χ4n) is 4.94. The van der Waals surface area contributed by atoms with Gasteiger partial charge in [0.1, 0.15) is 0 Å². The smallest absolute Gasteiger partial charge is 0.0337 e. The van der Waals surface area contributed by atoms with Crippen molar-refractivity contribution < 1.29 is 0 Å². The van der Waals surface area contributed by atoms with Crippen molar-refractivity contribution in [3.8, 4) is 0 Å². The molecular weight excluding hydrogens is 279 g/mol. The Hall–Kier alpha value is -0.795. The second kappa shape index (κ2) is 8.35. The van der Waals surface area contributed by atoms with Crippen molar-refractivity contribution in [3.63, 3.8) is 0 Å². The average molecular weight is 312 g/mol. The van der Waals surface area contributed by atoms with E-state index < -0.39 is 0 Å². The molecule has 23 heavy (non-hydrogen) atoms. The lowest BCUT2D eigenvalue weighted by molar-refractivity contribution is 0.159. The van der Waals surface area contributed by atoms with Crippen LogP contribution >= 0.6 is 0 Å². The van der Waals surface area contributed by atoms with Gasteiger partial charge in [-0.15, -0.1) is 0 Å². The van der Waals surface area contributed by atoms with Gasteiger partial charge in [-0.3, -0.25) is 0 Å². The fourth-order valence-corrected chi connectivity index (χ4v) is 4.94. The molecule has 1 aliphatic carbocycles. The fraction of sp³-hybridized carbons (Fsp3) is 0.700. The highest BCUT2D eigenvalue weighted by Crippen LogP contribution is 2.39. The number of hydrogen-bond acceptors (Lipinski definition) is 2. The van der Waals surface area contributed by atoms with Crippen LogP contribution in [0.4, 0.5) is 0 Å². The average Bonchev–Trinajstić information content (AvgIpc) is 3.08. The summed E-state index contributed by atoms with van der Waals surface area (Å²) in [5.74, 6) is 0.633. The highest BCUT2D eigenvalue weighted by molar-refractivity contribution is 6.56. The van der Waals surface area contributed by atoms with Crippen LogP contribution in [0.1, 0.15) is 63.5 Å². The molecule has 127 valence electrons. The summed E-state index contributed by atoms with van der Waals surface area (Å²) in [4.78, 5) is 2.86. The summed E-state index contributed by atoms with van der Waals surface area (Å²) in [5, 5.41) is 0. The normalized spacial score (nSPS) is 28.1. The van der Waals surface area contributed by atoms with E-state index in [2.05, 4.69) is 42.1 Å². The largest absolute Gasteiger partial charge is 0.503 e. The van der Waals surface area contributed by atoms with Crippen molar-refractivity contribution in [3.05, 3.63) is 35.9 Å². The number of benzene rings is 1. The predicted octanol–water partition coefficient (Wildman–Crippen LogP) is 4.74. The molecule has 3 atom stereocenters. The molecule has 0 bridgehead atoms. The molecule has 1 saturated carbocycles. The summed E-state index contributed by atoms with van der Waals surface area (Å²) >= 11 is 0. The van der Waals surface area contributed by atoms with Gasteiger partial charge in [0.2, 0.25) is 0 Å². The Kier molecular flexibility index (Phi) is 6.18. The second-order valence-electron chi connectivity index (χ2n) is 7.63. The summed E-state index contributed by atoms with van der Waals surface area (Å²) in [6.07, 6.45) is 12.3. The third-order valence-corrected chi connectivity index (χ3v) is 6.17. The summed E-state index contributed by atoms with van der Waals surface area (Å²) < 4.78 is 0. The zero-order valence-corrected chi connectivity index (χ0v) is 14.8. The maximum Gasteiger partial charge on any atom is 0.0337 e. The molecule has 2 nitrogen and oxygen atoms in total. The van der Waals surface area contributed by atoms with Crippen LogP contribution in [0.3, 0.4) is 0 Å². The first kappa shape index (κ1) is 17.0. The van der Waals surface area contributed by atoms with Gasteiger partial charge in [-0.2, -0.15) is 12.6 Å². The molecule has 0 aromatic heterocycles. The van der Waals surface area contributed by atoms with E-state index in [1.807, 2.05) is 0 Å². The van der Waals surface area contributed by atoms with Gasteiger partial charge in [-0.25, -0.2) is 0 Å². The Morgan fingerprint density at radius 1 is 1.17 bits per heavy atom. The Morgan fingerprint density at radius 2 is 1.96 bits per heavy atom. The molecule has 3 heteroatoms. The first-order valence-corrected chi connectivity index (χ1v) is 9.87. The second-order valence-corrected chi connectivity index (χ2v) is 7.63. The van der Waals surface area contributed by atoms with Crippen LogP contribution in [-0.2, 0) is 0 Å². The maximum atomic E-state index is 6.75. The monoisotopic (exact) mass is 312 g/mol. The van der Waals surface area contributed by atoms with Gasteiger partial charge < -0.3 is 10.5 Å². The van der Waals surface area contributed by atoms with Gasteiger partial charge in [0, 0.05) is 6.04 Å². The van der Waals surface area contributed by atoms with Crippen molar-refractivity contribution in [1.29, 1.82) is 0 Å². The zero-order valence-electron chi connectivity index (χ0n) is 14.8. The lowest BCUT2D eigenvalue weighted by Gasteiger charge is -2.50. The number of hydrogen-bond donors (Lipinski definition) is 1. The van der Waals surface area contributed by atoms with Crippen molar-refractivity contribution in [2.75, 3.05) is 6.54 Å². The van der Waals surface area contributed by atoms with Crippen LogP contribution in [0, 0.1) is 5.92 Å². The molecule has 2 aliphatic rings. The van der Waals surface area contributed by atoms with Gasteiger partial charge in [0.25, 0.3) is 0 Å². The zero-order chi connectivity index (χ0) is 16.1. The highest BCUT2D eigenvalue weighted by atomic mass is 15.1. The van der Waals surface area contributed by atoms with Crippen LogP contribution in [0.5, 0.6) is 0 Å². The van der Waals surface area contributed by atoms with Gasteiger partial charge in [0.05, 0.1) is 0 Å². The molecule has 1 aliphatic heterocycles. The molecule has 2 N–H and O–H groups in total. The molecular formula is C20H33BN2-. The van der Waals surface area contributed by atoms with E-state index in [1.165, 1.54) is 69.7 Å². The Balaban J connectivity index is 1.73. The highest BCUT2D eigenvalue weighted by Gasteiger charge is 2.34. The van der Waals surface area contributed by atoms with E-state index in [9.17, 15) is 0 Å². The van der Waals surface area contributed by atoms with Gasteiger partial charge in [-0.05, 0) is 36.9 Å². The third-order valence-electron chi connectivity index (χ3n) is 6.17. The third kappa shape index (κ3) is 4.00. The van der Waals surface area contributed by atoms with Crippen LogP contribution in [0.2, 0.25) is 12.6 Å². The summed E-state index contributed by atoms with van der Waals surface area (Å²) in [6, 6.07) is 11.7. The molecule has 0 amide bonds. The summed E-state index contributed by atoms with van der Waals surface area (Å²) in [7, 11) is 0. The van der Waals surface area contributed by atoms with Crippen LogP contribution in [0.15, 0.2) is 30.3 Å². The van der Waals surface area contributed by atoms with Gasteiger partial charge in [-0.1, -0.05) is 76.2 Å². The van der Waals surface area contributed by atoms with Gasteiger partial charge >= 0.3 is 0 Å². The lowest BCUT2D eigenvalue weighted by atomic mass is 9.54. The van der Waals surface area contributed by atoms with E-state index in [1.54, 1.807) is 0 Å². The number of unbranched alkanes of at least 4 members (excludes halogenated alkanes) is 1. The summed E-state index contributed by atoms with van der Waals surface area (Å²) in [6.45, 7) is 4.44. The number of nitrogens with two attached hydrogens (primary N) is 1. The lowest BCUT2D eigenvalue weighted by Crippen LogP contribution is -2.49.